The maximum Gasteiger partial charge on any atom is 0.290 e. The van der Waals surface area contributed by atoms with Crippen LogP contribution >= 0.6 is 0 Å². The smallest absolute Gasteiger partial charge is 0.290 e. The third-order valence-corrected chi connectivity index (χ3v) is 4.51. The highest BCUT2D eigenvalue weighted by molar-refractivity contribution is 6.35. The minimum atomic E-state index is -0.638. The van der Waals surface area contributed by atoms with Gasteiger partial charge in [-0.2, -0.15) is 0 Å². The van der Waals surface area contributed by atoms with Gasteiger partial charge in [-0.3, -0.25) is 19.2 Å². The van der Waals surface area contributed by atoms with Gasteiger partial charge in [-0.1, -0.05) is 27.7 Å². The average molecular weight is 338 g/mol. The second-order valence-electron chi connectivity index (χ2n) is 7.36. The molecular formula is C18H30N2O4. The van der Waals surface area contributed by atoms with Crippen molar-refractivity contribution in [1.82, 2.24) is 9.80 Å². The van der Waals surface area contributed by atoms with Crippen LogP contribution in [0.2, 0.25) is 0 Å². The molecule has 0 radical (unpaired) electrons. The minimum absolute atomic E-state index is 0.0296. The highest BCUT2D eigenvalue weighted by Crippen LogP contribution is 2.23. The van der Waals surface area contributed by atoms with E-state index in [0.29, 0.717) is 25.8 Å². The van der Waals surface area contributed by atoms with E-state index in [1.807, 2.05) is 27.7 Å². The van der Waals surface area contributed by atoms with Crippen LogP contribution in [0, 0.1) is 11.8 Å². The van der Waals surface area contributed by atoms with Gasteiger partial charge in [0.05, 0.1) is 6.04 Å². The third-order valence-electron chi connectivity index (χ3n) is 4.51. The van der Waals surface area contributed by atoms with Gasteiger partial charge >= 0.3 is 0 Å². The predicted octanol–water partition coefficient (Wildman–Crippen LogP) is 1.66. The van der Waals surface area contributed by atoms with Crippen molar-refractivity contribution < 1.29 is 19.2 Å². The van der Waals surface area contributed by atoms with Crippen molar-refractivity contribution in [2.45, 2.75) is 66.0 Å². The SMILES string of the molecule is CC(=O)C(=O)N1CCC[C@H]1C(=O)N(C)[C@H](CC(C)C)C(=O)C(C)C. The number of rotatable bonds is 7. The van der Waals surface area contributed by atoms with E-state index in [9.17, 15) is 19.2 Å². The van der Waals surface area contributed by atoms with Crippen LogP contribution < -0.4 is 0 Å². The van der Waals surface area contributed by atoms with Gasteiger partial charge < -0.3 is 9.80 Å². The standard InChI is InChI=1S/C18H30N2O4/c1-11(2)10-15(16(22)12(3)4)19(6)18(24)14-8-7-9-20(14)17(23)13(5)21/h11-12,14-15H,7-10H2,1-6H3/t14-,15+/m0/s1. The molecule has 136 valence electrons. The van der Waals surface area contributed by atoms with Crippen LogP contribution in [0.5, 0.6) is 0 Å². The summed E-state index contributed by atoms with van der Waals surface area (Å²) in [6.07, 6.45) is 1.81. The van der Waals surface area contributed by atoms with Crippen LogP contribution in [0.25, 0.3) is 0 Å². The van der Waals surface area contributed by atoms with Gasteiger partial charge in [-0.25, -0.2) is 0 Å². The van der Waals surface area contributed by atoms with Gasteiger partial charge in [0.15, 0.2) is 5.78 Å². The van der Waals surface area contributed by atoms with E-state index in [0.717, 1.165) is 0 Å². The Hall–Kier alpha value is -1.72. The Labute approximate surface area is 144 Å². The Morgan fingerprint density at radius 1 is 1.12 bits per heavy atom. The average Bonchev–Trinajstić information content (AvgIpc) is 2.98. The lowest BCUT2D eigenvalue weighted by atomic mass is 9.92. The van der Waals surface area contributed by atoms with Crippen molar-refractivity contribution in [2.75, 3.05) is 13.6 Å². The first-order chi connectivity index (χ1) is 11.1. The molecule has 0 spiro atoms. The largest absolute Gasteiger partial charge is 0.334 e. The van der Waals surface area contributed by atoms with Gasteiger partial charge in [-0.15, -0.1) is 0 Å². The number of carbonyl (C=O) groups is 4. The monoisotopic (exact) mass is 338 g/mol. The number of likely N-dealkylation sites (N-methyl/N-ethyl adjacent to an activating group) is 1. The fourth-order valence-electron chi connectivity index (χ4n) is 3.15. The summed E-state index contributed by atoms with van der Waals surface area (Å²) < 4.78 is 0. The molecule has 0 saturated carbocycles. The van der Waals surface area contributed by atoms with Gasteiger partial charge in [0.1, 0.15) is 6.04 Å². The molecule has 0 aliphatic carbocycles. The van der Waals surface area contributed by atoms with E-state index in [1.165, 1.54) is 16.7 Å². The molecular weight excluding hydrogens is 308 g/mol. The Balaban J connectivity index is 2.98. The molecule has 1 heterocycles. The molecule has 2 atom stereocenters. The molecule has 0 unspecified atom stereocenters. The maximum absolute atomic E-state index is 12.9. The van der Waals surface area contributed by atoms with Gasteiger partial charge in [-0.05, 0) is 25.2 Å². The molecule has 0 bridgehead atoms. The van der Waals surface area contributed by atoms with Crippen LogP contribution in [0.4, 0.5) is 0 Å². The number of likely N-dealkylation sites (tertiary alicyclic amines) is 1. The normalized spacial score (nSPS) is 18.8. The molecule has 0 N–H and O–H groups in total. The fraction of sp³-hybridized carbons (Fsp3) is 0.778. The van der Waals surface area contributed by atoms with E-state index < -0.39 is 23.8 Å². The second kappa shape index (κ2) is 8.40. The van der Waals surface area contributed by atoms with Crippen molar-refractivity contribution in [3.8, 4) is 0 Å². The lowest BCUT2D eigenvalue weighted by molar-refractivity contribution is -0.150. The van der Waals surface area contributed by atoms with Crippen LogP contribution in [-0.2, 0) is 19.2 Å². The van der Waals surface area contributed by atoms with E-state index in [-0.39, 0.29) is 23.5 Å². The lowest BCUT2D eigenvalue weighted by Crippen LogP contribution is -2.53. The highest BCUT2D eigenvalue weighted by atomic mass is 16.2. The number of Topliss-reactive ketones (excluding diaryl/α,β-unsaturated/α-hetero) is 2. The first-order valence-corrected chi connectivity index (χ1v) is 8.69. The van der Waals surface area contributed by atoms with Crippen LogP contribution in [0.3, 0.4) is 0 Å². The number of ketones is 2. The quantitative estimate of drug-likeness (QED) is 0.662. The summed E-state index contributed by atoms with van der Waals surface area (Å²) in [6.45, 7) is 9.32. The molecule has 1 rings (SSSR count). The number of carbonyl (C=O) groups excluding carboxylic acids is 4. The molecule has 1 aliphatic heterocycles. The number of hydrogen-bond donors (Lipinski definition) is 0. The zero-order chi connectivity index (χ0) is 18.6. The van der Waals surface area contributed by atoms with E-state index in [4.69, 9.17) is 0 Å². The summed E-state index contributed by atoms with van der Waals surface area (Å²) in [5, 5.41) is 0. The van der Waals surface area contributed by atoms with Crippen molar-refractivity contribution in [3.05, 3.63) is 0 Å². The Bertz CT molecular complexity index is 513. The summed E-state index contributed by atoms with van der Waals surface area (Å²) in [6, 6.07) is -1.13. The van der Waals surface area contributed by atoms with Crippen molar-refractivity contribution in [3.63, 3.8) is 0 Å². The molecule has 1 fully saturated rings. The number of amides is 2. The van der Waals surface area contributed by atoms with E-state index in [2.05, 4.69) is 0 Å². The number of nitrogens with zero attached hydrogens (tertiary/aromatic N) is 2. The van der Waals surface area contributed by atoms with Crippen molar-refractivity contribution >= 4 is 23.4 Å². The van der Waals surface area contributed by atoms with Crippen molar-refractivity contribution in [1.29, 1.82) is 0 Å². The topological polar surface area (TPSA) is 74.8 Å². The zero-order valence-electron chi connectivity index (χ0n) is 15.7. The maximum atomic E-state index is 12.9. The molecule has 1 saturated heterocycles. The summed E-state index contributed by atoms with van der Waals surface area (Å²) in [4.78, 5) is 51.7. The summed E-state index contributed by atoms with van der Waals surface area (Å²) >= 11 is 0. The molecule has 1 aliphatic rings. The molecule has 0 aromatic heterocycles. The molecule has 6 heteroatoms. The predicted molar refractivity (Wildman–Crippen MR) is 91.3 cm³/mol. The van der Waals surface area contributed by atoms with Crippen molar-refractivity contribution in [2.24, 2.45) is 11.8 Å². The summed E-state index contributed by atoms with van der Waals surface area (Å²) in [5.41, 5.74) is 0. The third kappa shape index (κ3) is 4.65. The molecule has 2 amide bonds. The van der Waals surface area contributed by atoms with Crippen LogP contribution in [0.15, 0.2) is 0 Å². The second-order valence-corrected chi connectivity index (χ2v) is 7.36. The molecule has 6 nitrogen and oxygen atoms in total. The van der Waals surface area contributed by atoms with Gasteiger partial charge in [0, 0.05) is 26.4 Å². The Kier molecular flexibility index (Phi) is 7.11. The molecule has 24 heavy (non-hydrogen) atoms. The minimum Gasteiger partial charge on any atom is -0.334 e. The van der Waals surface area contributed by atoms with Crippen LogP contribution in [-0.4, -0.2) is 58.9 Å². The summed E-state index contributed by atoms with van der Waals surface area (Å²) in [7, 11) is 1.63. The molecule has 0 aromatic rings. The van der Waals surface area contributed by atoms with Crippen LogP contribution in [0.1, 0.15) is 53.9 Å². The Morgan fingerprint density at radius 3 is 2.17 bits per heavy atom. The van der Waals surface area contributed by atoms with Gasteiger partial charge in [0.2, 0.25) is 11.7 Å². The zero-order valence-corrected chi connectivity index (χ0v) is 15.7. The molecule has 0 aromatic carbocycles. The highest BCUT2D eigenvalue weighted by Gasteiger charge is 2.40. The first kappa shape index (κ1) is 20.3. The van der Waals surface area contributed by atoms with E-state index >= 15 is 0 Å². The van der Waals surface area contributed by atoms with E-state index in [1.54, 1.807) is 7.05 Å². The number of hydrogen-bond acceptors (Lipinski definition) is 4. The Morgan fingerprint density at radius 2 is 1.71 bits per heavy atom. The van der Waals surface area contributed by atoms with Gasteiger partial charge in [0.25, 0.3) is 5.91 Å². The lowest BCUT2D eigenvalue weighted by Gasteiger charge is -2.33. The fourth-order valence-corrected chi connectivity index (χ4v) is 3.15. The first-order valence-electron chi connectivity index (χ1n) is 8.69. The summed E-state index contributed by atoms with van der Waals surface area (Å²) in [5.74, 6) is -1.29.